The van der Waals surface area contributed by atoms with Gasteiger partial charge in [-0.1, -0.05) is 6.92 Å². The molecule has 2 aliphatic heterocycles. The van der Waals surface area contributed by atoms with E-state index < -0.39 is 11.4 Å². The molecule has 104 valence electrons. The van der Waals surface area contributed by atoms with Crippen molar-refractivity contribution < 1.29 is 9.90 Å². The standard InChI is InChI=1S/C14H26N2O2/c1-3-15-8-4-5-12(6-9-15)16-10-7-14(2,11-16)13(17)18/h12H,3-11H2,1-2H3,(H,17,18). The van der Waals surface area contributed by atoms with Crippen molar-refractivity contribution in [2.45, 2.75) is 45.6 Å². The predicted molar refractivity (Wildman–Crippen MR) is 71.7 cm³/mol. The molecule has 0 spiro atoms. The Morgan fingerprint density at radius 1 is 1.33 bits per heavy atom. The van der Waals surface area contributed by atoms with Gasteiger partial charge in [0.15, 0.2) is 0 Å². The molecule has 2 fully saturated rings. The van der Waals surface area contributed by atoms with Gasteiger partial charge in [-0.2, -0.15) is 0 Å². The summed E-state index contributed by atoms with van der Waals surface area (Å²) < 4.78 is 0. The molecular weight excluding hydrogens is 228 g/mol. The van der Waals surface area contributed by atoms with Gasteiger partial charge in [0.25, 0.3) is 0 Å². The first-order valence-corrected chi connectivity index (χ1v) is 7.25. The van der Waals surface area contributed by atoms with Crippen LogP contribution in [0.15, 0.2) is 0 Å². The Labute approximate surface area is 110 Å². The van der Waals surface area contributed by atoms with Crippen LogP contribution < -0.4 is 0 Å². The van der Waals surface area contributed by atoms with Crippen LogP contribution in [0.5, 0.6) is 0 Å². The van der Waals surface area contributed by atoms with Gasteiger partial charge in [-0.05, 0) is 58.8 Å². The summed E-state index contributed by atoms with van der Waals surface area (Å²) in [5, 5.41) is 9.29. The highest BCUT2D eigenvalue weighted by molar-refractivity contribution is 5.74. The van der Waals surface area contributed by atoms with Gasteiger partial charge >= 0.3 is 5.97 Å². The van der Waals surface area contributed by atoms with Gasteiger partial charge in [-0.15, -0.1) is 0 Å². The fraction of sp³-hybridized carbons (Fsp3) is 0.929. The number of hydrogen-bond acceptors (Lipinski definition) is 3. The van der Waals surface area contributed by atoms with E-state index in [0.29, 0.717) is 6.04 Å². The molecule has 0 radical (unpaired) electrons. The SMILES string of the molecule is CCN1CCCC(N2CCC(C)(C(=O)O)C2)CC1. The highest BCUT2D eigenvalue weighted by Gasteiger charge is 2.42. The molecule has 2 unspecified atom stereocenters. The summed E-state index contributed by atoms with van der Waals surface area (Å²) in [7, 11) is 0. The Morgan fingerprint density at radius 2 is 2.11 bits per heavy atom. The number of hydrogen-bond donors (Lipinski definition) is 1. The molecule has 2 atom stereocenters. The molecule has 0 amide bonds. The summed E-state index contributed by atoms with van der Waals surface area (Å²) in [5.41, 5.74) is -0.517. The van der Waals surface area contributed by atoms with Crippen molar-refractivity contribution >= 4 is 5.97 Å². The maximum absolute atomic E-state index is 11.3. The van der Waals surface area contributed by atoms with Crippen LogP contribution in [0.4, 0.5) is 0 Å². The molecule has 0 aromatic rings. The Hall–Kier alpha value is -0.610. The smallest absolute Gasteiger partial charge is 0.310 e. The van der Waals surface area contributed by atoms with Crippen LogP contribution >= 0.6 is 0 Å². The number of carboxylic acids is 1. The zero-order valence-corrected chi connectivity index (χ0v) is 11.7. The van der Waals surface area contributed by atoms with E-state index in [1.54, 1.807) is 0 Å². The minimum atomic E-state index is -0.631. The first kappa shape index (κ1) is 13.8. The van der Waals surface area contributed by atoms with Crippen LogP contribution in [0.3, 0.4) is 0 Å². The van der Waals surface area contributed by atoms with Crippen molar-refractivity contribution in [1.29, 1.82) is 0 Å². The average Bonchev–Trinajstić information content (AvgIpc) is 2.62. The lowest BCUT2D eigenvalue weighted by molar-refractivity contribution is -0.147. The molecule has 4 nitrogen and oxygen atoms in total. The van der Waals surface area contributed by atoms with E-state index in [2.05, 4.69) is 16.7 Å². The number of likely N-dealkylation sites (tertiary alicyclic amines) is 2. The fourth-order valence-electron chi connectivity index (χ4n) is 3.30. The zero-order chi connectivity index (χ0) is 13.2. The average molecular weight is 254 g/mol. The van der Waals surface area contributed by atoms with Gasteiger partial charge in [0.05, 0.1) is 5.41 Å². The van der Waals surface area contributed by atoms with E-state index in [1.165, 1.54) is 32.4 Å². The minimum absolute atomic E-state index is 0.517. The molecule has 0 saturated carbocycles. The third-order valence-corrected chi connectivity index (χ3v) is 4.77. The summed E-state index contributed by atoms with van der Waals surface area (Å²) in [4.78, 5) is 16.2. The van der Waals surface area contributed by atoms with Crippen LogP contribution in [-0.4, -0.2) is 59.6 Å². The van der Waals surface area contributed by atoms with Gasteiger partial charge in [0, 0.05) is 12.6 Å². The highest BCUT2D eigenvalue weighted by Crippen LogP contribution is 2.33. The van der Waals surface area contributed by atoms with E-state index >= 15 is 0 Å². The summed E-state index contributed by atoms with van der Waals surface area (Å²) in [6.07, 6.45) is 4.48. The summed E-state index contributed by atoms with van der Waals surface area (Å²) in [5.74, 6) is -0.631. The van der Waals surface area contributed by atoms with Gasteiger partial charge in [-0.3, -0.25) is 9.69 Å². The van der Waals surface area contributed by atoms with E-state index in [9.17, 15) is 9.90 Å². The fourth-order valence-corrected chi connectivity index (χ4v) is 3.30. The second-order valence-corrected chi connectivity index (χ2v) is 6.11. The van der Waals surface area contributed by atoms with Crippen LogP contribution in [0.1, 0.15) is 39.5 Å². The normalized spacial score (nSPS) is 35.6. The lowest BCUT2D eigenvalue weighted by Gasteiger charge is -2.28. The number of rotatable bonds is 3. The van der Waals surface area contributed by atoms with E-state index in [1.807, 2.05) is 6.92 Å². The Balaban J connectivity index is 1.91. The molecular formula is C14H26N2O2. The van der Waals surface area contributed by atoms with Crippen LogP contribution in [-0.2, 0) is 4.79 Å². The van der Waals surface area contributed by atoms with Gasteiger partial charge < -0.3 is 10.0 Å². The Morgan fingerprint density at radius 3 is 2.72 bits per heavy atom. The molecule has 18 heavy (non-hydrogen) atoms. The number of carboxylic acid groups (broad SMARTS) is 1. The maximum atomic E-state index is 11.3. The zero-order valence-electron chi connectivity index (χ0n) is 11.7. The monoisotopic (exact) mass is 254 g/mol. The van der Waals surface area contributed by atoms with Crippen molar-refractivity contribution in [3.63, 3.8) is 0 Å². The third kappa shape index (κ3) is 2.86. The van der Waals surface area contributed by atoms with Crippen molar-refractivity contribution in [3.8, 4) is 0 Å². The molecule has 2 heterocycles. The molecule has 0 aromatic carbocycles. The van der Waals surface area contributed by atoms with Crippen molar-refractivity contribution in [1.82, 2.24) is 9.80 Å². The first-order chi connectivity index (χ1) is 8.55. The van der Waals surface area contributed by atoms with E-state index in [4.69, 9.17) is 0 Å². The van der Waals surface area contributed by atoms with Crippen molar-refractivity contribution in [3.05, 3.63) is 0 Å². The molecule has 4 heteroatoms. The van der Waals surface area contributed by atoms with Gasteiger partial charge in [0.2, 0.25) is 0 Å². The van der Waals surface area contributed by atoms with E-state index in [0.717, 1.165) is 26.1 Å². The number of aliphatic carboxylic acids is 1. The third-order valence-electron chi connectivity index (χ3n) is 4.77. The van der Waals surface area contributed by atoms with Crippen LogP contribution in [0.25, 0.3) is 0 Å². The van der Waals surface area contributed by atoms with Crippen LogP contribution in [0, 0.1) is 5.41 Å². The van der Waals surface area contributed by atoms with Gasteiger partial charge in [-0.25, -0.2) is 0 Å². The molecule has 1 N–H and O–H groups in total. The summed E-state index contributed by atoms with van der Waals surface area (Å²) >= 11 is 0. The number of carbonyl (C=O) groups is 1. The molecule has 0 aromatic heterocycles. The molecule has 0 bridgehead atoms. The number of nitrogens with zero attached hydrogens (tertiary/aromatic N) is 2. The lowest BCUT2D eigenvalue weighted by atomic mass is 9.90. The minimum Gasteiger partial charge on any atom is -0.481 e. The highest BCUT2D eigenvalue weighted by atomic mass is 16.4. The van der Waals surface area contributed by atoms with Gasteiger partial charge in [0.1, 0.15) is 0 Å². The molecule has 0 aliphatic carbocycles. The Bertz CT molecular complexity index is 308. The topological polar surface area (TPSA) is 43.8 Å². The van der Waals surface area contributed by atoms with Crippen LogP contribution in [0.2, 0.25) is 0 Å². The summed E-state index contributed by atoms with van der Waals surface area (Å²) in [6, 6.07) is 0.600. The largest absolute Gasteiger partial charge is 0.481 e. The lowest BCUT2D eigenvalue weighted by Crippen LogP contribution is -2.38. The Kier molecular flexibility index (Phi) is 4.28. The second kappa shape index (κ2) is 5.57. The predicted octanol–water partition coefficient (Wildman–Crippen LogP) is 1.66. The first-order valence-electron chi connectivity index (χ1n) is 7.25. The second-order valence-electron chi connectivity index (χ2n) is 6.11. The van der Waals surface area contributed by atoms with Crippen molar-refractivity contribution in [2.24, 2.45) is 5.41 Å². The maximum Gasteiger partial charge on any atom is 0.310 e. The van der Waals surface area contributed by atoms with Crippen molar-refractivity contribution in [2.75, 3.05) is 32.7 Å². The van der Waals surface area contributed by atoms with E-state index in [-0.39, 0.29) is 0 Å². The molecule has 2 saturated heterocycles. The quantitative estimate of drug-likeness (QED) is 0.832. The molecule has 2 aliphatic rings. The summed E-state index contributed by atoms with van der Waals surface area (Å²) in [6.45, 7) is 9.32. The molecule has 2 rings (SSSR count).